The van der Waals surface area contributed by atoms with Crippen molar-refractivity contribution < 1.29 is 22.2 Å². The summed E-state index contributed by atoms with van der Waals surface area (Å²) in [6, 6.07) is 0. The number of carbonyl (C=O) groups excluding carboxylic acids is 2. The molecule has 1 fully saturated rings. The van der Waals surface area contributed by atoms with Crippen molar-refractivity contribution in [1.82, 2.24) is 0 Å². The fourth-order valence-corrected chi connectivity index (χ4v) is 6.09. The number of hydrogen-bond acceptors (Lipinski definition) is 5. The SMILES string of the molecule is C[C@]12C=CC(=O)C=C1CC[C@@H]1C2=CC[C@]2(C)C(C(=O)COS(C)(=O)=O)=CC[C@@H]12. The van der Waals surface area contributed by atoms with Crippen molar-refractivity contribution in [3.8, 4) is 0 Å². The average Bonchev–Trinajstić information content (AvgIpc) is 2.97. The zero-order valence-electron chi connectivity index (χ0n) is 16.5. The lowest BCUT2D eigenvalue weighted by atomic mass is 9.52. The average molecular weight is 403 g/mol. The van der Waals surface area contributed by atoms with Crippen LogP contribution < -0.4 is 0 Å². The first kappa shape index (κ1) is 19.5. The number of allylic oxidation sites excluding steroid dienone is 7. The minimum atomic E-state index is -3.64. The minimum Gasteiger partial charge on any atom is -0.292 e. The van der Waals surface area contributed by atoms with Crippen LogP contribution in [0.2, 0.25) is 0 Å². The van der Waals surface area contributed by atoms with E-state index in [0.717, 1.165) is 31.9 Å². The summed E-state index contributed by atoms with van der Waals surface area (Å²) in [5, 5.41) is 0. The Kier molecular flexibility index (Phi) is 4.43. The molecule has 0 aromatic rings. The van der Waals surface area contributed by atoms with Crippen LogP contribution in [-0.4, -0.2) is 32.8 Å². The third kappa shape index (κ3) is 2.98. The molecular formula is C22H26O5S. The Balaban J connectivity index is 1.62. The van der Waals surface area contributed by atoms with E-state index in [2.05, 4.69) is 19.9 Å². The predicted molar refractivity (Wildman–Crippen MR) is 106 cm³/mol. The van der Waals surface area contributed by atoms with Gasteiger partial charge in [0.2, 0.25) is 0 Å². The fourth-order valence-electron chi connectivity index (χ4n) is 5.77. The summed E-state index contributed by atoms with van der Waals surface area (Å²) in [7, 11) is -3.64. The largest absolute Gasteiger partial charge is 0.292 e. The molecule has 4 atom stereocenters. The predicted octanol–water partition coefficient (Wildman–Crippen LogP) is 3.30. The van der Waals surface area contributed by atoms with Crippen LogP contribution in [0.25, 0.3) is 0 Å². The number of fused-ring (bicyclic) bond motifs is 5. The molecule has 0 spiro atoms. The molecule has 0 amide bonds. The first-order chi connectivity index (χ1) is 13.0. The van der Waals surface area contributed by atoms with E-state index in [1.165, 1.54) is 11.1 Å². The molecule has 0 aromatic carbocycles. The fraction of sp³-hybridized carbons (Fsp3) is 0.545. The van der Waals surface area contributed by atoms with E-state index in [4.69, 9.17) is 4.18 Å². The molecule has 0 aliphatic heterocycles. The quantitative estimate of drug-likeness (QED) is 0.533. The van der Waals surface area contributed by atoms with Gasteiger partial charge in [-0.3, -0.25) is 13.8 Å². The lowest BCUT2D eigenvalue weighted by molar-refractivity contribution is -0.118. The van der Waals surface area contributed by atoms with Crippen molar-refractivity contribution >= 4 is 21.7 Å². The summed E-state index contributed by atoms with van der Waals surface area (Å²) in [6.07, 6.45) is 14.1. The van der Waals surface area contributed by atoms with E-state index in [0.29, 0.717) is 17.4 Å². The topological polar surface area (TPSA) is 77.5 Å². The molecule has 6 heteroatoms. The van der Waals surface area contributed by atoms with Crippen molar-refractivity contribution in [2.45, 2.75) is 39.5 Å². The Morgan fingerprint density at radius 1 is 1.29 bits per heavy atom. The molecule has 28 heavy (non-hydrogen) atoms. The van der Waals surface area contributed by atoms with Gasteiger partial charge in [0, 0.05) is 16.4 Å². The number of ketones is 2. The lowest BCUT2D eigenvalue weighted by Crippen LogP contribution is -2.43. The standard InChI is InChI=1S/C22H26O5S/c1-21-10-8-15(23)12-14(21)4-5-16-17-6-7-19(20(24)13-27-28(3,25)26)22(17,2)11-9-18(16)21/h7-10,12,16-17H,4-6,11,13H2,1-3H3/t16-,17-,21-,22-/m0/s1. The summed E-state index contributed by atoms with van der Waals surface area (Å²) < 4.78 is 27.3. The second kappa shape index (κ2) is 6.36. The van der Waals surface area contributed by atoms with Crippen LogP contribution >= 0.6 is 0 Å². The van der Waals surface area contributed by atoms with Crippen molar-refractivity contribution in [2.75, 3.05) is 12.9 Å². The molecule has 4 rings (SSSR count). The maximum atomic E-state index is 12.7. The number of rotatable bonds is 4. The molecule has 0 N–H and O–H groups in total. The van der Waals surface area contributed by atoms with Crippen LogP contribution in [-0.2, 0) is 23.9 Å². The maximum absolute atomic E-state index is 12.7. The Morgan fingerprint density at radius 3 is 2.75 bits per heavy atom. The Labute approximate surface area is 166 Å². The highest BCUT2D eigenvalue weighted by atomic mass is 32.2. The van der Waals surface area contributed by atoms with Crippen LogP contribution in [0.4, 0.5) is 0 Å². The number of hydrogen-bond donors (Lipinski definition) is 0. The van der Waals surface area contributed by atoms with Gasteiger partial charge in [-0.2, -0.15) is 8.42 Å². The van der Waals surface area contributed by atoms with Gasteiger partial charge in [0.25, 0.3) is 10.1 Å². The molecule has 5 nitrogen and oxygen atoms in total. The summed E-state index contributed by atoms with van der Waals surface area (Å²) in [5.41, 5.74) is 2.76. The van der Waals surface area contributed by atoms with Crippen LogP contribution in [0.1, 0.15) is 39.5 Å². The van der Waals surface area contributed by atoms with Crippen molar-refractivity contribution in [3.05, 3.63) is 47.1 Å². The molecule has 1 saturated carbocycles. The van der Waals surface area contributed by atoms with Gasteiger partial charge in [-0.25, -0.2) is 0 Å². The first-order valence-electron chi connectivity index (χ1n) is 9.77. The highest BCUT2D eigenvalue weighted by Gasteiger charge is 2.54. The van der Waals surface area contributed by atoms with Gasteiger partial charge >= 0.3 is 0 Å². The molecule has 0 saturated heterocycles. The third-order valence-corrected chi connectivity index (χ3v) is 7.78. The van der Waals surface area contributed by atoms with E-state index < -0.39 is 16.7 Å². The Bertz CT molecular complexity index is 980. The van der Waals surface area contributed by atoms with Crippen molar-refractivity contribution in [3.63, 3.8) is 0 Å². The van der Waals surface area contributed by atoms with E-state index in [-0.39, 0.29) is 22.4 Å². The van der Waals surface area contributed by atoms with Crippen LogP contribution in [0.3, 0.4) is 0 Å². The number of Topliss-reactive ketones (excluding diaryl/α,β-unsaturated/α-hetero) is 1. The zero-order chi connectivity index (χ0) is 20.3. The van der Waals surface area contributed by atoms with Gasteiger partial charge in [-0.15, -0.1) is 0 Å². The molecule has 0 bridgehead atoms. The molecule has 0 aromatic heterocycles. The van der Waals surface area contributed by atoms with E-state index in [9.17, 15) is 18.0 Å². The van der Waals surface area contributed by atoms with Crippen molar-refractivity contribution in [1.29, 1.82) is 0 Å². The van der Waals surface area contributed by atoms with Crippen LogP contribution in [0, 0.1) is 22.7 Å². The third-order valence-electron chi connectivity index (χ3n) is 7.23. The second-order valence-electron chi connectivity index (χ2n) is 8.88. The highest BCUT2D eigenvalue weighted by Crippen LogP contribution is 2.62. The summed E-state index contributed by atoms with van der Waals surface area (Å²) >= 11 is 0. The molecule has 4 aliphatic rings. The first-order valence-corrected chi connectivity index (χ1v) is 11.6. The van der Waals surface area contributed by atoms with E-state index in [1.807, 2.05) is 12.2 Å². The maximum Gasteiger partial charge on any atom is 0.264 e. The monoisotopic (exact) mass is 402 g/mol. The molecule has 150 valence electrons. The summed E-state index contributed by atoms with van der Waals surface area (Å²) in [4.78, 5) is 24.5. The molecule has 4 aliphatic carbocycles. The smallest absolute Gasteiger partial charge is 0.264 e. The van der Waals surface area contributed by atoms with Crippen LogP contribution in [0.15, 0.2) is 47.1 Å². The molecule has 0 heterocycles. The van der Waals surface area contributed by atoms with Gasteiger partial charge in [0.05, 0.1) is 6.26 Å². The summed E-state index contributed by atoms with van der Waals surface area (Å²) in [6.45, 7) is 3.89. The van der Waals surface area contributed by atoms with Crippen molar-refractivity contribution in [2.24, 2.45) is 22.7 Å². The number of carbonyl (C=O) groups is 2. The van der Waals surface area contributed by atoms with Gasteiger partial charge in [-0.1, -0.05) is 36.3 Å². The molecular weight excluding hydrogens is 376 g/mol. The normalized spacial score (nSPS) is 36.7. The highest BCUT2D eigenvalue weighted by molar-refractivity contribution is 7.86. The Hall–Kier alpha value is -1.79. The summed E-state index contributed by atoms with van der Waals surface area (Å²) in [5.74, 6) is 0.497. The molecule has 0 radical (unpaired) electrons. The van der Waals surface area contributed by atoms with E-state index >= 15 is 0 Å². The van der Waals surface area contributed by atoms with Gasteiger partial charge in [-0.05, 0) is 56.6 Å². The van der Waals surface area contributed by atoms with Crippen LogP contribution in [0.5, 0.6) is 0 Å². The van der Waals surface area contributed by atoms with Gasteiger partial charge in [0.15, 0.2) is 11.6 Å². The second-order valence-corrected chi connectivity index (χ2v) is 10.5. The molecule has 0 unspecified atom stereocenters. The lowest BCUT2D eigenvalue weighted by Gasteiger charge is -2.51. The minimum absolute atomic E-state index is 0.0634. The zero-order valence-corrected chi connectivity index (χ0v) is 17.3. The Morgan fingerprint density at radius 2 is 2.04 bits per heavy atom. The van der Waals surface area contributed by atoms with E-state index in [1.54, 1.807) is 12.2 Å². The van der Waals surface area contributed by atoms with Gasteiger partial charge in [0.1, 0.15) is 6.61 Å². The van der Waals surface area contributed by atoms with Gasteiger partial charge < -0.3 is 0 Å².